The van der Waals surface area contributed by atoms with E-state index in [4.69, 9.17) is 0 Å². The number of aryl methyl sites for hydroxylation is 1. The Morgan fingerprint density at radius 3 is 2.29 bits per heavy atom. The van der Waals surface area contributed by atoms with Crippen molar-refractivity contribution in [1.82, 2.24) is 5.32 Å². The third-order valence-electron chi connectivity index (χ3n) is 5.21. The van der Waals surface area contributed by atoms with Gasteiger partial charge >= 0.3 is 5.97 Å². The molecule has 0 unspecified atom stereocenters. The van der Waals surface area contributed by atoms with Crippen LogP contribution in [0.5, 0.6) is 0 Å². The van der Waals surface area contributed by atoms with Gasteiger partial charge in [-0.2, -0.15) is 0 Å². The van der Waals surface area contributed by atoms with Crippen LogP contribution in [0.15, 0.2) is 48.5 Å². The Balaban J connectivity index is 1.77. The number of anilines is 1. The first-order valence-electron chi connectivity index (χ1n) is 9.40. The SMILES string of the molecule is Cc1ccc(C(=O)NC2(CC(=O)O)CCCC2)cc1NC(=O)c1ccccc1. The number of aliphatic carboxylic acids is 1. The van der Waals surface area contributed by atoms with E-state index in [2.05, 4.69) is 10.6 Å². The molecule has 0 saturated heterocycles. The predicted octanol–water partition coefficient (Wildman–Crippen LogP) is 3.76. The molecule has 0 heterocycles. The molecule has 0 radical (unpaired) electrons. The molecule has 1 aliphatic rings. The van der Waals surface area contributed by atoms with Crippen LogP contribution in [0.25, 0.3) is 0 Å². The average molecular weight is 380 g/mol. The van der Waals surface area contributed by atoms with E-state index in [1.807, 2.05) is 13.0 Å². The van der Waals surface area contributed by atoms with E-state index < -0.39 is 11.5 Å². The van der Waals surface area contributed by atoms with Gasteiger partial charge in [-0.3, -0.25) is 14.4 Å². The first-order chi connectivity index (χ1) is 13.4. The Morgan fingerprint density at radius 2 is 1.64 bits per heavy atom. The Labute approximate surface area is 164 Å². The van der Waals surface area contributed by atoms with Crippen molar-refractivity contribution in [3.63, 3.8) is 0 Å². The summed E-state index contributed by atoms with van der Waals surface area (Å²) < 4.78 is 0. The van der Waals surface area contributed by atoms with Crippen molar-refractivity contribution in [2.75, 3.05) is 5.32 Å². The maximum Gasteiger partial charge on any atom is 0.305 e. The summed E-state index contributed by atoms with van der Waals surface area (Å²) in [5.74, 6) is -1.49. The van der Waals surface area contributed by atoms with Gasteiger partial charge < -0.3 is 15.7 Å². The highest BCUT2D eigenvalue weighted by Gasteiger charge is 2.37. The summed E-state index contributed by atoms with van der Waals surface area (Å²) >= 11 is 0. The van der Waals surface area contributed by atoms with Gasteiger partial charge in [-0.05, 0) is 49.6 Å². The second-order valence-corrected chi connectivity index (χ2v) is 7.36. The lowest BCUT2D eigenvalue weighted by Gasteiger charge is -2.28. The van der Waals surface area contributed by atoms with E-state index >= 15 is 0 Å². The van der Waals surface area contributed by atoms with E-state index in [1.165, 1.54) is 0 Å². The standard InChI is InChI=1S/C22H24N2O4/c1-15-9-10-17(13-18(15)23-20(27)16-7-3-2-4-8-16)21(28)24-22(14-19(25)26)11-5-6-12-22/h2-4,7-10,13H,5-6,11-12,14H2,1H3,(H,23,27)(H,24,28)(H,25,26). The molecule has 6 nitrogen and oxygen atoms in total. The number of amides is 2. The smallest absolute Gasteiger partial charge is 0.305 e. The molecule has 146 valence electrons. The van der Waals surface area contributed by atoms with Gasteiger partial charge in [0.25, 0.3) is 11.8 Å². The highest BCUT2D eigenvalue weighted by molar-refractivity contribution is 6.05. The number of carboxylic acid groups (broad SMARTS) is 1. The molecule has 2 aromatic rings. The molecule has 28 heavy (non-hydrogen) atoms. The van der Waals surface area contributed by atoms with Crippen molar-refractivity contribution < 1.29 is 19.5 Å². The highest BCUT2D eigenvalue weighted by atomic mass is 16.4. The van der Waals surface area contributed by atoms with E-state index in [-0.39, 0.29) is 18.2 Å². The van der Waals surface area contributed by atoms with Crippen molar-refractivity contribution in [1.29, 1.82) is 0 Å². The molecule has 2 amide bonds. The molecule has 0 aliphatic heterocycles. The minimum atomic E-state index is -0.915. The van der Waals surface area contributed by atoms with Crippen LogP contribution >= 0.6 is 0 Å². The van der Waals surface area contributed by atoms with Crippen LogP contribution in [0.4, 0.5) is 5.69 Å². The van der Waals surface area contributed by atoms with Gasteiger partial charge in [0, 0.05) is 16.8 Å². The molecule has 2 aromatic carbocycles. The van der Waals surface area contributed by atoms with E-state index in [9.17, 15) is 19.5 Å². The van der Waals surface area contributed by atoms with Crippen LogP contribution in [0, 0.1) is 6.92 Å². The monoisotopic (exact) mass is 380 g/mol. The molecular weight excluding hydrogens is 356 g/mol. The molecular formula is C22H24N2O4. The molecule has 1 aliphatic carbocycles. The largest absolute Gasteiger partial charge is 0.481 e. The number of carboxylic acids is 1. The molecule has 1 fully saturated rings. The molecule has 6 heteroatoms. The fourth-order valence-corrected chi connectivity index (χ4v) is 3.68. The van der Waals surface area contributed by atoms with Crippen molar-refractivity contribution in [2.24, 2.45) is 0 Å². The lowest BCUT2D eigenvalue weighted by atomic mass is 9.92. The summed E-state index contributed by atoms with van der Waals surface area (Å²) in [5.41, 5.74) is 1.62. The van der Waals surface area contributed by atoms with Gasteiger partial charge in [-0.1, -0.05) is 37.1 Å². The zero-order chi connectivity index (χ0) is 20.1. The van der Waals surface area contributed by atoms with Crippen molar-refractivity contribution in [3.8, 4) is 0 Å². The summed E-state index contributed by atoms with van der Waals surface area (Å²) in [7, 11) is 0. The van der Waals surface area contributed by atoms with Crippen LogP contribution in [0.1, 0.15) is 58.4 Å². The number of hydrogen-bond donors (Lipinski definition) is 3. The zero-order valence-electron chi connectivity index (χ0n) is 15.8. The van der Waals surface area contributed by atoms with Gasteiger partial charge in [0.15, 0.2) is 0 Å². The Kier molecular flexibility index (Phi) is 5.78. The van der Waals surface area contributed by atoms with E-state index in [0.717, 1.165) is 18.4 Å². The van der Waals surface area contributed by atoms with Crippen LogP contribution in [-0.2, 0) is 4.79 Å². The zero-order valence-corrected chi connectivity index (χ0v) is 15.8. The average Bonchev–Trinajstić information content (AvgIpc) is 3.11. The number of carbonyl (C=O) groups is 3. The van der Waals surface area contributed by atoms with Crippen LogP contribution in [-0.4, -0.2) is 28.4 Å². The summed E-state index contributed by atoms with van der Waals surface area (Å²) in [6, 6.07) is 13.9. The maximum atomic E-state index is 12.8. The topological polar surface area (TPSA) is 95.5 Å². The minimum absolute atomic E-state index is 0.0811. The third kappa shape index (κ3) is 4.57. The van der Waals surface area contributed by atoms with Crippen LogP contribution in [0.2, 0.25) is 0 Å². The predicted molar refractivity (Wildman–Crippen MR) is 106 cm³/mol. The molecule has 0 atom stereocenters. The van der Waals surface area contributed by atoms with Gasteiger partial charge in [0.1, 0.15) is 0 Å². The molecule has 1 saturated carbocycles. The second-order valence-electron chi connectivity index (χ2n) is 7.36. The number of hydrogen-bond acceptors (Lipinski definition) is 3. The number of nitrogens with one attached hydrogen (secondary N) is 2. The number of rotatable bonds is 6. The lowest BCUT2D eigenvalue weighted by Crippen LogP contribution is -2.47. The summed E-state index contributed by atoms with van der Waals surface area (Å²) in [5, 5.41) is 15.0. The van der Waals surface area contributed by atoms with Gasteiger partial charge in [0.05, 0.1) is 12.0 Å². The first kappa shape index (κ1) is 19.6. The maximum absolute atomic E-state index is 12.8. The summed E-state index contributed by atoms with van der Waals surface area (Å²) in [6.45, 7) is 1.85. The Morgan fingerprint density at radius 1 is 0.964 bits per heavy atom. The first-order valence-corrected chi connectivity index (χ1v) is 9.40. The highest BCUT2D eigenvalue weighted by Crippen LogP contribution is 2.33. The summed E-state index contributed by atoms with van der Waals surface area (Å²) in [6.07, 6.45) is 3.05. The quantitative estimate of drug-likeness (QED) is 0.711. The van der Waals surface area contributed by atoms with Crippen molar-refractivity contribution >= 4 is 23.5 Å². The number of benzene rings is 2. The Hall–Kier alpha value is -3.15. The van der Waals surface area contributed by atoms with E-state index in [1.54, 1.807) is 42.5 Å². The minimum Gasteiger partial charge on any atom is -0.481 e. The molecule has 0 spiro atoms. The van der Waals surface area contributed by atoms with Crippen LogP contribution < -0.4 is 10.6 Å². The second kappa shape index (κ2) is 8.25. The fraction of sp³-hybridized carbons (Fsp3) is 0.318. The lowest BCUT2D eigenvalue weighted by molar-refractivity contribution is -0.138. The molecule has 3 rings (SSSR count). The van der Waals surface area contributed by atoms with Gasteiger partial charge in [-0.25, -0.2) is 0 Å². The number of carbonyl (C=O) groups excluding carboxylic acids is 2. The normalized spacial score (nSPS) is 15.0. The third-order valence-corrected chi connectivity index (χ3v) is 5.21. The molecule has 3 N–H and O–H groups in total. The van der Waals surface area contributed by atoms with Gasteiger partial charge in [0.2, 0.25) is 0 Å². The summed E-state index contributed by atoms with van der Waals surface area (Å²) in [4.78, 5) is 36.4. The van der Waals surface area contributed by atoms with Crippen molar-refractivity contribution in [3.05, 3.63) is 65.2 Å². The van der Waals surface area contributed by atoms with Crippen molar-refractivity contribution in [2.45, 2.75) is 44.6 Å². The Bertz CT molecular complexity index is 887. The van der Waals surface area contributed by atoms with Gasteiger partial charge in [-0.15, -0.1) is 0 Å². The van der Waals surface area contributed by atoms with Crippen LogP contribution in [0.3, 0.4) is 0 Å². The molecule has 0 aromatic heterocycles. The fourth-order valence-electron chi connectivity index (χ4n) is 3.68. The molecule has 0 bridgehead atoms. The van der Waals surface area contributed by atoms with E-state index in [0.29, 0.717) is 29.7 Å².